The van der Waals surface area contributed by atoms with E-state index < -0.39 is 0 Å². The summed E-state index contributed by atoms with van der Waals surface area (Å²) >= 11 is 5.15. The summed E-state index contributed by atoms with van der Waals surface area (Å²) < 4.78 is 1.72. The van der Waals surface area contributed by atoms with Gasteiger partial charge in [-0.3, -0.25) is 4.79 Å². The van der Waals surface area contributed by atoms with E-state index in [1.807, 2.05) is 18.2 Å². The molecule has 0 aliphatic carbocycles. The first-order chi connectivity index (χ1) is 4.79. The van der Waals surface area contributed by atoms with Gasteiger partial charge in [0.05, 0.1) is 0 Å². The highest BCUT2D eigenvalue weighted by molar-refractivity contribution is 6.63. The standard InChI is InChI=1S/C7H7ClNO/c8-7(10)6-9-4-2-1-3-5-9/h1-5H,6H2/q+1. The summed E-state index contributed by atoms with van der Waals surface area (Å²) in [5.41, 5.74) is 0. The van der Waals surface area contributed by atoms with Gasteiger partial charge in [-0.2, -0.15) is 4.57 Å². The van der Waals surface area contributed by atoms with Crippen LogP contribution in [0.2, 0.25) is 0 Å². The Labute approximate surface area is 64.1 Å². The van der Waals surface area contributed by atoms with Gasteiger partial charge in [0, 0.05) is 12.1 Å². The summed E-state index contributed by atoms with van der Waals surface area (Å²) in [7, 11) is 0. The average molecular weight is 157 g/mol. The molecule has 0 bridgehead atoms. The van der Waals surface area contributed by atoms with Crippen LogP contribution in [-0.4, -0.2) is 5.24 Å². The molecule has 0 atom stereocenters. The fraction of sp³-hybridized carbons (Fsp3) is 0.143. The minimum absolute atomic E-state index is 0.238. The highest BCUT2D eigenvalue weighted by atomic mass is 35.5. The van der Waals surface area contributed by atoms with E-state index in [1.54, 1.807) is 17.0 Å². The monoisotopic (exact) mass is 156 g/mol. The Morgan fingerprint density at radius 1 is 1.30 bits per heavy atom. The topological polar surface area (TPSA) is 20.9 Å². The van der Waals surface area contributed by atoms with Crippen molar-refractivity contribution in [3.63, 3.8) is 0 Å². The van der Waals surface area contributed by atoms with Crippen molar-refractivity contribution in [2.75, 3.05) is 0 Å². The van der Waals surface area contributed by atoms with Crippen LogP contribution in [0.15, 0.2) is 30.6 Å². The van der Waals surface area contributed by atoms with E-state index in [0.717, 1.165) is 0 Å². The minimum Gasteiger partial charge on any atom is -0.274 e. The molecule has 0 spiro atoms. The van der Waals surface area contributed by atoms with Crippen LogP contribution in [0.3, 0.4) is 0 Å². The second-order valence-electron chi connectivity index (χ2n) is 1.90. The molecule has 0 saturated carbocycles. The van der Waals surface area contributed by atoms with Crippen LogP contribution in [0.25, 0.3) is 0 Å². The molecular formula is C7H7ClNO+. The van der Waals surface area contributed by atoms with Gasteiger partial charge in [-0.1, -0.05) is 6.07 Å². The summed E-state index contributed by atoms with van der Waals surface area (Å²) in [6.45, 7) is 0.238. The van der Waals surface area contributed by atoms with E-state index in [9.17, 15) is 4.79 Å². The fourth-order valence-electron chi connectivity index (χ4n) is 0.683. The van der Waals surface area contributed by atoms with Crippen molar-refractivity contribution in [1.82, 2.24) is 0 Å². The summed E-state index contributed by atoms with van der Waals surface area (Å²) in [6.07, 6.45) is 3.58. The molecule has 0 aliphatic rings. The lowest BCUT2D eigenvalue weighted by atomic mass is 10.5. The average Bonchev–Trinajstić information content (AvgIpc) is 1.88. The maximum atomic E-state index is 10.4. The smallest absolute Gasteiger partial charge is 0.274 e. The molecule has 0 fully saturated rings. The predicted molar refractivity (Wildman–Crippen MR) is 37.5 cm³/mol. The predicted octanol–water partition coefficient (Wildman–Crippen LogP) is 0.740. The Hall–Kier alpha value is -0.890. The maximum Gasteiger partial charge on any atom is 0.286 e. The minimum atomic E-state index is -0.351. The highest BCUT2D eigenvalue weighted by Gasteiger charge is 2.02. The van der Waals surface area contributed by atoms with Crippen LogP contribution in [0.4, 0.5) is 0 Å². The van der Waals surface area contributed by atoms with Gasteiger partial charge in [0.2, 0.25) is 6.54 Å². The van der Waals surface area contributed by atoms with Crippen molar-refractivity contribution in [3.8, 4) is 0 Å². The molecule has 1 rings (SSSR count). The molecule has 0 aromatic carbocycles. The Bertz CT molecular complexity index is 222. The zero-order chi connectivity index (χ0) is 7.40. The number of hydrogen-bond donors (Lipinski definition) is 0. The van der Waals surface area contributed by atoms with E-state index in [0.29, 0.717) is 0 Å². The molecular weight excluding hydrogens is 150 g/mol. The number of carbonyl (C=O) groups excluding carboxylic acids is 1. The van der Waals surface area contributed by atoms with Crippen molar-refractivity contribution in [1.29, 1.82) is 0 Å². The summed E-state index contributed by atoms with van der Waals surface area (Å²) in [5, 5.41) is -0.351. The number of aromatic nitrogens is 1. The number of pyridine rings is 1. The van der Waals surface area contributed by atoms with Crippen LogP contribution < -0.4 is 4.57 Å². The van der Waals surface area contributed by atoms with Crippen molar-refractivity contribution in [2.45, 2.75) is 6.54 Å². The highest BCUT2D eigenvalue weighted by Crippen LogP contribution is 1.80. The van der Waals surface area contributed by atoms with Crippen LogP contribution in [0.5, 0.6) is 0 Å². The number of halogens is 1. The Balaban J connectivity index is 2.67. The second-order valence-corrected chi connectivity index (χ2v) is 2.32. The zero-order valence-corrected chi connectivity index (χ0v) is 6.08. The molecule has 52 valence electrons. The fourth-order valence-corrected chi connectivity index (χ4v) is 0.821. The quantitative estimate of drug-likeness (QED) is 0.457. The Morgan fingerprint density at radius 3 is 2.40 bits per heavy atom. The van der Waals surface area contributed by atoms with E-state index in [1.165, 1.54) is 0 Å². The molecule has 3 heteroatoms. The molecule has 0 unspecified atom stereocenters. The molecule has 1 heterocycles. The summed E-state index contributed by atoms with van der Waals surface area (Å²) in [6, 6.07) is 5.58. The third kappa shape index (κ3) is 2.15. The molecule has 0 amide bonds. The van der Waals surface area contributed by atoms with Gasteiger partial charge in [0.15, 0.2) is 12.4 Å². The van der Waals surface area contributed by atoms with Crippen molar-refractivity contribution in [2.24, 2.45) is 0 Å². The zero-order valence-electron chi connectivity index (χ0n) is 5.33. The van der Waals surface area contributed by atoms with Gasteiger partial charge in [0.25, 0.3) is 5.24 Å². The van der Waals surface area contributed by atoms with Gasteiger partial charge in [-0.15, -0.1) is 0 Å². The van der Waals surface area contributed by atoms with Gasteiger partial charge in [0.1, 0.15) is 0 Å². The van der Waals surface area contributed by atoms with Crippen LogP contribution in [0.1, 0.15) is 0 Å². The van der Waals surface area contributed by atoms with Crippen LogP contribution in [0, 0.1) is 0 Å². The molecule has 1 aromatic heterocycles. The third-order valence-electron chi connectivity index (χ3n) is 1.08. The molecule has 10 heavy (non-hydrogen) atoms. The first-order valence-electron chi connectivity index (χ1n) is 2.91. The SMILES string of the molecule is O=C(Cl)C[n+]1ccccc1. The van der Waals surface area contributed by atoms with Crippen LogP contribution in [-0.2, 0) is 11.3 Å². The van der Waals surface area contributed by atoms with Gasteiger partial charge in [-0.05, 0) is 11.6 Å². The van der Waals surface area contributed by atoms with E-state index >= 15 is 0 Å². The van der Waals surface area contributed by atoms with E-state index in [2.05, 4.69) is 0 Å². The van der Waals surface area contributed by atoms with Gasteiger partial charge in [-0.25, -0.2) is 0 Å². The molecule has 2 nitrogen and oxygen atoms in total. The molecule has 0 aliphatic heterocycles. The lowest BCUT2D eigenvalue weighted by Crippen LogP contribution is -2.35. The summed E-state index contributed by atoms with van der Waals surface area (Å²) in [4.78, 5) is 10.4. The lowest BCUT2D eigenvalue weighted by molar-refractivity contribution is -0.683. The lowest BCUT2D eigenvalue weighted by Gasteiger charge is -1.87. The molecule has 0 saturated heterocycles. The van der Waals surface area contributed by atoms with Gasteiger partial charge >= 0.3 is 0 Å². The normalized spacial score (nSPS) is 9.30. The van der Waals surface area contributed by atoms with Crippen LogP contribution >= 0.6 is 11.6 Å². The molecule has 0 radical (unpaired) electrons. The van der Waals surface area contributed by atoms with Crippen molar-refractivity contribution < 1.29 is 9.36 Å². The summed E-state index contributed by atoms with van der Waals surface area (Å²) in [5.74, 6) is 0. The van der Waals surface area contributed by atoms with E-state index in [4.69, 9.17) is 11.6 Å². The van der Waals surface area contributed by atoms with Crippen molar-refractivity contribution in [3.05, 3.63) is 30.6 Å². The molecule has 0 N–H and O–H groups in total. The number of rotatable bonds is 2. The van der Waals surface area contributed by atoms with Gasteiger partial charge < -0.3 is 0 Å². The van der Waals surface area contributed by atoms with E-state index in [-0.39, 0.29) is 11.8 Å². The van der Waals surface area contributed by atoms with Crippen molar-refractivity contribution >= 4 is 16.8 Å². The first kappa shape index (κ1) is 7.22. The second kappa shape index (κ2) is 3.32. The third-order valence-corrected chi connectivity index (χ3v) is 1.20. The molecule has 1 aromatic rings. The Morgan fingerprint density at radius 2 is 1.90 bits per heavy atom. The Kier molecular flexibility index (Phi) is 2.40. The first-order valence-corrected chi connectivity index (χ1v) is 3.29. The number of hydrogen-bond acceptors (Lipinski definition) is 1. The number of carbonyl (C=O) groups is 1. The number of nitrogens with zero attached hydrogens (tertiary/aromatic N) is 1. The largest absolute Gasteiger partial charge is 0.286 e. The maximum absolute atomic E-state index is 10.4.